The molecule has 0 unspecified atom stereocenters. The van der Waals surface area contributed by atoms with Crippen molar-refractivity contribution in [3.8, 4) is 12.1 Å². The molecule has 0 spiro atoms. The van der Waals surface area contributed by atoms with Crippen LogP contribution in [0.1, 0.15) is 24.2 Å². The number of sulfonamides is 1. The van der Waals surface area contributed by atoms with E-state index in [1.54, 1.807) is 18.2 Å². The molecule has 0 aliphatic carbocycles. The lowest BCUT2D eigenvalue weighted by molar-refractivity contribution is -0.0429. The average Bonchev–Trinajstić information content (AvgIpc) is 3.34. The Morgan fingerprint density at radius 1 is 1.16 bits per heavy atom. The number of nitrogens with zero attached hydrogens (tertiary/aromatic N) is 7. The maximum absolute atomic E-state index is 12.9. The van der Waals surface area contributed by atoms with E-state index < -0.39 is 21.2 Å². The predicted octanol–water partition coefficient (Wildman–Crippen LogP) is 3.44. The topological polar surface area (TPSA) is 140 Å². The fourth-order valence-electron chi connectivity index (χ4n) is 2.95. The molecule has 0 radical (unpaired) electrons. The molecule has 1 fully saturated rings. The Hall–Kier alpha value is -3.65. The monoisotopic (exact) mass is 452 g/mol. The molecule has 3 rings (SSSR count). The molecule has 1 aromatic carbocycles. The van der Waals surface area contributed by atoms with E-state index >= 15 is 0 Å². The maximum Gasteiger partial charge on any atom is 0.516 e. The average molecular weight is 452 g/mol. The third-order valence-electron chi connectivity index (χ3n) is 4.53. The number of anilines is 2. The minimum atomic E-state index is -5.69. The van der Waals surface area contributed by atoms with Crippen molar-refractivity contribution in [2.24, 2.45) is 17.3 Å². The molecule has 162 valence electrons. The van der Waals surface area contributed by atoms with Crippen LogP contribution in [0, 0.1) is 22.7 Å². The van der Waals surface area contributed by atoms with Gasteiger partial charge in [-0.15, -0.1) is 10.2 Å². The van der Waals surface area contributed by atoms with Crippen LogP contribution in [0.4, 0.5) is 36.2 Å². The number of halogens is 3. The molecule has 0 bridgehead atoms. The van der Waals surface area contributed by atoms with E-state index in [1.165, 1.54) is 28.5 Å². The number of azo groups is 1. The second-order valence-corrected chi connectivity index (χ2v) is 8.21. The van der Waals surface area contributed by atoms with Crippen molar-refractivity contribution in [3.63, 3.8) is 0 Å². The van der Waals surface area contributed by atoms with E-state index in [4.69, 9.17) is 10.5 Å². The van der Waals surface area contributed by atoms with Crippen molar-refractivity contribution in [3.05, 3.63) is 29.6 Å². The molecule has 14 heteroatoms. The van der Waals surface area contributed by atoms with Gasteiger partial charge in [0, 0.05) is 25.8 Å². The summed E-state index contributed by atoms with van der Waals surface area (Å²) in [5.74, 6) is -0.152. The minimum Gasteiger partial charge on any atom is -0.371 e. The Bertz CT molecular complexity index is 1220. The molecule has 2 heterocycles. The third-order valence-corrected chi connectivity index (χ3v) is 5.63. The normalized spacial score (nSPS) is 14.6. The van der Waals surface area contributed by atoms with Crippen molar-refractivity contribution in [1.29, 1.82) is 10.5 Å². The summed E-state index contributed by atoms with van der Waals surface area (Å²) in [6.07, 6.45) is 1.82. The van der Waals surface area contributed by atoms with Crippen LogP contribution in [0.2, 0.25) is 0 Å². The first-order valence-corrected chi connectivity index (χ1v) is 10.3. The van der Waals surface area contributed by atoms with Crippen LogP contribution in [-0.2, 0) is 17.1 Å². The Balaban J connectivity index is 2.03. The van der Waals surface area contributed by atoms with Gasteiger partial charge in [0.15, 0.2) is 11.4 Å². The quantitative estimate of drug-likeness (QED) is 0.689. The lowest BCUT2D eigenvalue weighted by Gasteiger charge is -2.20. The number of hydrogen-bond acceptors (Lipinski definition) is 8. The number of benzene rings is 1. The van der Waals surface area contributed by atoms with Crippen LogP contribution >= 0.6 is 0 Å². The Morgan fingerprint density at radius 3 is 2.39 bits per heavy atom. The summed E-state index contributed by atoms with van der Waals surface area (Å²) < 4.78 is 64.7. The van der Waals surface area contributed by atoms with Gasteiger partial charge in [0.2, 0.25) is 0 Å². The maximum atomic E-state index is 12.9. The highest BCUT2D eigenvalue weighted by atomic mass is 32.2. The molecule has 0 atom stereocenters. The van der Waals surface area contributed by atoms with Crippen LogP contribution in [0.5, 0.6) is 0 Å². The lowest BCUT2D eigenvalue weighted by Crippen LogP contribution is -2.30. The first-order valence-electron chi connectivity index (χ1n) is 8.84. The molecule has 1 aromatic heterocycles. The number of aromatic nitrogens is 2. The van der Waals surface area contributed by atoms with E-state index in [9.17, 15) is 21.6 Å². The van der Waals surface area contributed by atoms with E-state index in [0.717, 1.165) is 12.8 Å². The zero-order valence-corrected chi connectivity index (χ0v) is 16.9. The van der Waals surface area contributed by atoms with Crippen LogP contribution in [0.25, 0.3) is 0 Å². The van der Waals surface area contributed by atoms with Gasteiger partial charge in [-0.3, -0.25) is 4.72 Å². The first-order chi connectivity index (χ1) is 14.6. The molecule has 1 aliphatic rings. The van der Waals surface area contributed by atoms with E-state index in [2.05, 4.69) is 15.2 Å². The van der Waals surface area contributed by atoms with Gasteiger partial charge in [0.25, 0.3) is 5.95 Å². The molecular weight excluding hydrogens is 437 g/mol. The largest absolute Gasteiger partial charge is 0.516 e. The van der Waals surface area contributed by atoms with Crippen LogP contribution in [0.15, 0.2) is 28.4 Å². The predicted molar refractivity (Wildman–Crippen MR) is 103 cm³/mol. The van der Waals surface area contributed by atoms with Crippen LogP contribution < -0.4 is 9.62 Å². The molecule has 2 aromatic rings. The van der Waals surface area contributed by atoms with Crippen molar-refractivity contribution in [2.45, 2.75) is 18.3 Å². The van der Waals surface area contributed by atoms with Crippen LogP contribution in [-0.4, -0.2) is 36.6 Å². The van der Waals surface area contributed by atoms with E-state index in [1.807, 2.05) is 4.90 Å². The smallest absolute Gasteiger partial charge is 0.371 e. The van der Waals surface area contributed by atoms with Crippen molar-refractivity contribution < 1.29 is 21.6 Å². The Kier molecular flexibility index (Phi) is 5.85. The van der Waals surface area contributed by atoms with Gasteiger partial charge in [0.05, 0.1) is 5.69 Å². The van der Waals surface area contributed by atoms with Crippen molar-refractivity contribution in [1.82, 2.24) is 9.55 Å². The summed E-state index contributed by atoms with van der Waals surface area (Å²) in [6.45, 7) is 1.38. The summed E-state index contributed by atoms with van der Waals surface area (Å²) in [4.78, 5) is 5.74. The summed E-state index contributed by atoms with van der Waals surface area (Å²) in [6, 6.07) is 7.68. The van der Waals surface area contributed by atoms with Gasteiger partial charge in [0.1, 0.15) is 17.8 Å². The summed E-state index contributed by atoms with van der Waals surface area (Å²) in [7, 11) is -4.29. The van der Waals surface area contributed by atoms with Gasteiger partial charge in [-0.25, -0.2) is 0 Å². The van der Waals surface area contributed by atoms with E-state index in [0.29, 0.717) is 18.8 Å². The SMILES string of the molecule is Cn1c(/N=N/c2ccc(N3CCCC3)cc2NS(=O)(=O)C(F)(F)F)nc(C#N)c1C#N. The van der Waals surface area contributed by atoms with Crippen molar-refractivity contribution in [2.75, 3.05) is 22.7 Å². The third kappa shape index (κ3) is 4.44. The highest BCUT2D eigenvalue weighted by Crippen LogP contribution is 2.35. The van der Waals surface area contributed by atoms with Crippen molar-refractivity contribution >= 4 is 33.0 Å². The molecule has 1 aliphatic heterocycles. The molecule has 31 heavy (non-hydrogen) atoms. The van der Waals surface area contributed by atoms with Gasteiger partial charge in [-0.05, 0) is 31.0 Å². The molecule has 0 saturated carbocycles. The standard InChI is InChI=1S/C17H15F3N8O2S/c1-27-15(10-22)14(9-21)23-16(27)25-24-12-5-4-11(28-6-2-3-7-28)8-13(12)26-31(29,30)17(18,19)20/h4-5,8,26H,2-3,6-7H2,1H3/b25-24+. The summed E-state index contributed by atoms with van der Waals surface area (Å²) in [5.41, 5.74) is -5.86. The highest BCUT2D eigenvalue weighted by molar-refractivity contribution is 7.93. The first kappa shape index (κ1) is 22.0. The Labute approximate surface area is 175 Å². The minimum absolute atomic E-state index is 0.0705. The number of rotatable bonds is 5. The number of imidazole rings is 1. The number of alkyl halides is 3. The van der Waals surface area contributed by atoms with E-state index in [-0.39, 0.29) is 23.0 Å². The summed E-state index contributed by atoms with van der Waals surface area (Å²) >= 11 is 0. The summed E-state index contributed by atoms with van der Waals surface area (Å²) in [5, 5.41) is 25.7. The molecular formula is C17H15F3N8O2S. The molecule has 1 N–H and O–H groups in total. The number of hydrogen-bond donors (Lipinski definition) is 1. The van der Waals surface area contributed by atoms with Gasteiger partial charge < -0.3 is 9.47 Å². The fraction of sp³-hybridized carbons (Fsp3) is 0.353. The fourth-order valence-corrected chi connectivity index (χ4v) is 3.52. The lowest BCUT2D eigenvalue weighted by atomic mass is 10.2. The second-order valence-electron chi connectivity index (χ2n) is 6.54. The van der Waals surface area contributed by atoms with Gasteiger partial charge in [-0.2, -0.15) is 37.1 Å². The number of nitrogens with one attached hydrogen (secondary N) is 1. The van der Waals surface area contributed by atoms with Gasteiger partial charge in [-0.1, -0.05) is 0 Å². The molecule has 0 amide bonds. The van der Waals surface area contributed by atoms with Crippen LogP contribution in [0.3, 0.4) is 0 Å². The molecule has 1 saturated heterocycles. The number of nitriles is 2. The van der Waals surface area contributed by atoms with Gasteiger partial charge >= 0.3 is 15.5 Å². The second kappa shape index (κ2) is 8.23. The molecule has 10 nitrogen and oxygen atoms in total. The Morgan fingerprint density at radius 2 is 1.84 bits per heavy atom. The zero-order chi connectivity index (χ0) is 22.8. The highest BCUT2D eigenvalue weighted by Gasteiger charge is 2.46. The zero-order valence-electron chi connectivity index (χ0n) is 16.0.